The molecule has 3 N–H and O–H groups in total. The summed E-state index contributed by atoms with van der Waals surface area (Å²) in [7, 11) is 0. The SMILES string of the molecule is C[C@@H]1CCc2c(sc(NC(=O)c3ccccc3Cl)c2C(N)=O)C1. The van der Waals surface area contributed by atoms with Crippen molar-refractivity contribution in [2.24, 2.45) is 11.7 Å². The second-order valence-electron chi connectivity index (χ2n) is 5.85. The molecule has 1 heterocycles. The van der Waals surface area contributed by atoms with Gasteiger partial charge in [-0.25, -0.2) is 0 Å². The van der Waals surface area contributed by atoms with E-state index in [1.54, 1.807) is 24.3 Å². The number of halogens is 1. The van der Waals surface area contributed by atoms with Gasteiger partial charge in [-0.3, -0.25) is 9.59 Å². The fourth-order valence-corrected chi connectivity index (χ4v) is 4.55. The first kappa shape index (κ1) is 16.0. The Morgan fingerprint density at radius 3 is 2.78 bits per heavy atom. The zero-order valence-corrected chi connectivity index (χ0v) is 14.3. The molecule has 3 rings (SSSR count). The van der Waals surface area contributed by atoms with Gasteiger partial charge in [0, 0.05) is 4.88 Å². The monoisotopic (exact) mass is 348 g/mol. The maximum atomic E-state index is 12.4. The van der Waals surface area contributed by atoms with Crippen molar-refractivity contribution in [3.8, 4) is 0 Å². The fourth-order valence-electron chi connectivity index (χ4n) is 2.92. The molecule has 0 unspecified atom stereocenters. The molecule has 0 radical (unpaired) electrons. The van der Waals surface area contributed by atoms with Crippen molar-refractivity contribution in [1.29, 1.82) is 0 Å². The van der Waals surface area contributed by atoms with Gasteiger partial charge in [0.15, 0.2) is 0 Å². The van der Waals surface area contributed by atoms with Crippen LogP contribution in [0.2, 0.25) is 5.02 Å². The smallest absolute Gasteiger partial charge is 0.257 e. The molecular formula is C17H17ClN2O2S. The lowest BCUT2D eigenvalue weighted by atomic mass is 9.88. The van der Waals surface area contributed by atoms with Gasteiger partial charge in [0.1, 0.15) is 5.00 Å². The van der Waals surface area contributed by atoms with Gasteiger partial charge in [0.25, 0.3) is 11.8 Å². The molecule has 0 fully saturated rings. The third kappa shape index (κ3) is 3.12. The van der Waals surface area contributed by atoms with Crippen molar-refractivity contribution >= 4 is 39.8 Å². The fraction of sp³-hybridized carbons (Fsp3) is 0.294. The van der Waals surface area contributed by atoms with Gasteiger partial charge in [0.05, 0.1) is 16.1 Å². The summed E-state index contributed by atoms with van der Waals surface area (Å²) in [6.07, 6.45) is 2.78. The normalized spacial score (nSPS) is 16.7. The molecule has 2 aromatic rings. The Morgan fingerprint density at radius 2 is 2.09 bits per heavy atom. The minimum Gasteiger partial charge on any atom is -0.365 e. The zero-order chi connectivity index (χ0) is 16.6. The lowest BCUT2D eigenvalue weighted by Crippen LogP contribution is -2.19. The number of anilines is 1. The predicted molar refractivity (Wildman–Crippen MR) is 93.4 cm³/mol. The van der Waals surface area contributed by atoms with Crippen molar-refractivity contribution in [3.63, 3.8) is 0 Å². The van der Waals surface area contributed by atoms with Gasteiger partial charge in [0.2, 0.25) is 0 Å². The standard InChI is InChI=1S/C17H17ClN2O2S/c1-9-6-7-11-13(8-9)23-17(14(11)15(19)21)20-16(22)10-4-2-3-5-12(10)18/h2-5,9H,6-8H2,1H3,(H2,19,21)(H,20,22)/t9-/m1/s1. The molecule has 6 heteroatoms. The Balaban J connectivity index is 1.96. The second-order valence-corrected chi connectivity index (χ2v) is 7.37. The van der Waals surface area contributed by atoms with E-state index >= 15 is 0 Å². The number of rotatable bonds is 3. The van der Waals surface area contributed by atoms with Crippen LogP contribution in [0.15, 0.2) is 24.3 Å². The first-order valence-electron chi connectivity index (χ1n) is 7.47. The predicted octanol–water partition coefficient (Wildman–Crippen LogP) is 3.88. The van der Waals surface area contributed by atoms with Crippen LogP contribution in [0.5, 0.6) is 0 Å². The number of fused-ring (bicyclic) bond motifs is 1. The quantitative estimate of drug-likeness (QED) is 0.883. The van der Waals surface area contributed by atoms with E-state index in [9.17, 15) is 9.59 Å². The Kier molecular flexibility index (Phi) is 4.41. The van der Waals surface area contributed by atoms with Crippen LogP contribution in [0, 0.1) is 5.92 Å². The first-order valence-corrected chi connectivity index (χ1v) is 8.67. The Labute approximate surface area is 143 Å². The Morgan fingerprint density at radius 1 is 1.35 bits per heavy atom. The summed E-state index contributed by atoms with van der Waals surface area (Å²) in [4.78, 5) is 25.5. The number of primary amides is 1. The lowest BCUT2D eigenvalue weighted by Gasteiger charge is -2.18. The summed E-state index contributed by atoms with van der Waals surface area (Å²) >= 11 is 7.51. The minimum atomic E-state index is -0.494. The molecule has 0 bridgehead atoms. The molecule has 1 aliphatic rings. The highest BCUT2D eigenvalue weighted by atomic mass is 35.5. The molecule has 1 aromatic heterocycles. The molecule has 1 atom stereocenters. The van der Waals surface area contributed by atoms with Crippen molar-refractivity contribution in [3.05, 3.63) is 50.9 Å². The van der Waals surface area contributed by atoms with Crippen LogP contribution in [-0.4, -0.2) is 11.8 Å². The van der Waals surface area contributed by atoms with Crippen LogP contribution in [0.4, 0.5) is 5.00 Å². The molecule has 1 aromatic carbocycles. The number of carbonyl (C=O) groups is 2. The van der Waals surface area contributed by atoms with Crippen LogP contribution in [-0.2, 0) is 12.8 Å². The van der Waals surface area contributed by atoms with Gasteiger partial charge in [-0.15, -0.1) is 11.3 Å². The largest absolute Gasteiger partial charge is 0.365 e. The van der Waals surface area contributed by atoms with Crippen LogP contribution in [0.3, 0.4) is 0 Å². The minimum absolute atomic E-state index is 0.329. The molecule has 23 heavy (non-hydrogen) atoms. The van der Waals surface area contributed by atoms with Crippen molar-refractivity contribution in [1.82, 2.24) is 0 Å². The van der Waals surface area contributed by atoms with E-state index in [1.807, 2.05) is 0 Å². The highest BCUT2D eigenvalue weighted by molar-refractivity contribution is 7.17. The average molecular weight is 349 g/mol. The third-order valence-electron chi connectivity index (χ3n) is 4.10. The summed E-state index contributed by atoms with van der Waals surface area (Å²) in [5, 5.41) is 3.72. The van der Waals surface area contributed by atoms with Crippen molar-refractivity contribution < 1.29 is 9.59 Å². The van der Waals surface area contributed by atoms with Gasteiger partial charge >= 0.3 is 0 Å². The van der Waals surface area contributed by atoms with E-state index in [2.05, 4.69) is 12.2 Å². The third-order valence-corrected chi connectivity index (χ3v) is 5.60. The Hall–Kier alpha value is -1.85. The first-order chi connectivity index (χ1) is 11.0. The topological polar surface area (TPSA) is 72.2 Å². The van der Waals surface area contributed by atoms with Gasteiger partial charge in [-0.05, 0) is 42.9 Å². The highest BCUT2D eigenvalue weighted by Gasteiger charge is 2.27. The van der Waals surface area contributed by atoms with Crippen LogP contribution < -0.4 is 11.1 Å². The number of nitrogens with two attached hydrogens (primary N) is 1. The number of hydrogen-bond acceptors (Lipinski definition) is 3. The van der Waals surface area contributed by atoms with E-state index in [1.165, 1.54) is 11.3 Å². The summed E-state index contributed by atoms with van der Waals surface area (Å²) in [5.41, 5.74) is 7.38. The van der Waals surface area contributed by atoms with E-state index in [-0.39, 0.29) is 5.91 Å². The summed E-state index contributed by atoms with van der Waals surface area (Å²) < 4.78 is 0. The summed E-state index contributed by atoms with van der Waals surface area (Å²) in [5.74, 6) is -0.245. The number of hydrogen-bond donors (Lipinski definition) is 2. The number of benzene rings is 1. The van der Waals surface area contributed by atoms with E-state index in [4.69, 9.17) is 17.3 Å². The summed E-state index contributed by atoms with van der Waals surface area (Å²) in [6, 6.07) is 6.82. The van der Waals surface area contributed by atoms with Gasteiger partial charge in [-0.1, -0.05) is 30.7 Å². The van der Waals surface area contributed by atoms with E-state index in [0.29, 0.717) is 27.1 Å². The maximum absolute atomic E-state index is 12.4. The van der Waals surface area contributed by atoms with E-state index < -0.39 is 5.91 Å². The van der Waals surface area contributed by atoms with Gasteiger partial charge < -0.3 is 11.1 Å². The number of carbonyl (C=O) groups excluding carboxylic acids is 2. The average Bonchev–Trinajstić information content (AvgIpc) is 2.84. The molecule has 0 spiro atoms. The van der Waals surface area contributed by atoms with Crippen LogP contribution >= 0.6 is 22.9 Å². The Bertz CT molecular complexity index is 785. The molecular weight excluding hydrogens is 332 g/mol. The van der Waals surface area contributed by atoms with Crippen LogP contribution in [0.1, 0.15) is 44.5 Å². The second kappa shape index (κ2) is 6.34. The molecule has 0 saturated carbocycles. The molecule has 0 saturated heterocycles. The molecule has 1 aliphatic carbocycles. The highest BCUT2D eigenvalue weighted by Crippen LogP contribution is 2.39. The molecule has 0 aliphatic heterocycles. The lowest BCUT2D eigenvalue weighted by molar-refractivity contribution is 0.1000. The zero-order valence-electron chi connectivity index (χ0n) is 12.7. The number of nitrogens with one attached hydrogen (secondary N) is 1. The molecule has 2 amide bonds. The maximum Gasteiger partial charge on any atom is 0.257 e. The number of thiophene rings is 1. The van der Waals surface area contributed by atoms with Crippen molar-refractivity contribution in [2.45, 2.75) is 26.2 Å². The molecule has 4 nitrogen and oxygen atoms in total. The van der Waals surface area contributed by atoms with Gasteiger partial charge in [-0.2, -0.15) is 0 Å². The van der Waals surface area contributed by atoms with Crippen LogP contribution in [0.25, 0.3) is 0 Å². The number of amides is 2. The molecule has 120 valence electrons. The van der Waals surface area contributed by atoms with E-state index in [0.717, 1.165) is 29.7 Å². The summed E-state index contributed by atoms with van der Waals surface area (Å²) in [6.45, 7) is 2.19. The van der Waals surface area contributed by atoms with Crippen molar-refractivity contribution in [2.75, 3.05) is 5.32 Å².